The molecule has 0 bridgehead atoms. The second-order valence-corrected chi connectivity index (χ2v) is 4.62. The van der Waals surface area contributed by atoms with Gasteiger partial charge in [0.05, 0.1) is 5.56 Å². The lowest BCUT2D eigenvalue weighted by atomic mass is 10.1. The zero-order valence-electron chi connectivity index (χ0n) is 10.4. The van der Waals surface area contributed by atoms with Crippen molar-refractivity contribution in [1.82, 2.24) is 0 Å². The number of aliphatic carboxylic acids is 1. The number of alkyl halides is 3. The quantitative estimate of drug-likeness (QED) is 0.868. The van der Waals surface area contributed by atoms with Crippen molar-refractivity contribution in [3.05, 3.63) is 29.3 Å². The first-order valence-electron chi connectivity index (χ1n) is 6.00. The van der Waals surface area contributed by atoms with Crippen molar-refractivity contribution < 1.29 is 27.9 Å². The summed E-state index contributed by atoms with van der Waals surface area (Å²) in [5.41, 5.74) is -0.953. The van der Waals surface area contributed by atoms with Crippen LogP contribution in [0, 0.1) is 0 Å². The Balaban J connectivity index is 2.45. The Morgan fingerprint density at radius 2 is 2.05 bits per heavy atom. The Kier molecular flexibility index (Phi) is 3.69. The molecule has 1 saturated heterocycles. The van der Waals surface area contributed by atoms with Gasteiger partial charge in [0.25, 0.3) is 0 Å². The molecule has 0 radical (unpaired) electrons. The smallest absolute Gasteiger partial charge is 0.416 e. The summed E-state index contributed by atoms with van der Waals surface area (Å²) in [7, 11) is 0. The van der Waals surface area contributed by atoms with Crippen molar-refractivity contribution in [2.75, 3.05) is 11.4 Å². The van der Waals surface area contributed by atoms with Crippen molar-refractivity contribution in [2.24, 2.45) is 0 Å². The SMILES string of the molecule is O=Cc1cc(N2CCCC2C(=O)O)cc(C(F)(F)F)c1. The molecule has 4 nitrogen and oxygen atoms in total. The fourth-order valence-corrected chi connectivity index (χ4v) is 2.36. The molecule has 1 aromatic rings. The second-order valence-electron chi connectivity index (χ2n) is 4.62. The standard InChI is InChI=1S/C13H12F3NO3/c14-13(15,16)9-4-8(7-18)5-10(6-9)17-3-1-2-11(17)12(19)20/h4-7,11H,1-3H2,(H,19,20). The average Bonchev–Trinajstić information content (AvgIpc) is 2.86. The van der Waals surface area contributed by atoms with E-state index in [2.05, 4.69) is 0 Å². The van der Waals surface area contributed by atoms with E-state index in [1.54, 1.807) is 0 Å². The summed E-state index contributed by atoms with van der Waals surface area (Å²) in [6.07, 6.45) is -3.29. The van der Waals surface area contributed by atoms with Gasteiger partial charge in [0.15, 0.2) is 0 Å². The van der Waals surface area contributed by atoms with Crippen molar-refractivity contribution >= 4 is 17.9 Å². The van der Waals surface area contributed by atoms with Gasteiger partial charge < -0.3 is 10.0 Å². The van der Waals surface area contributed by atoms with E-state index >= 15 is 0 Å². The molecule has 7 heteroatoms. The van der Waals surface area contributed by atoms with E-state index in [-0.39, 0.29) is 11.3 Å². The van der Waals surface area contributed by atoms with Gasteiger partial charge in [-0.2, -0.15) is 13.2 Å². The summed E-state index contributed by atoms with van der Waals surface area (Å²) in [4.78, 5) is 23.2. The molecule has 1 heterocycles. The van der Waals surface area contributed by atoms with Crippen LogP contribution in [0.15, 0.2) is 18.2 Å². The fourth-order valence-electron chi connectivity index (χ4n) is 2.36. The number of hydrogen-bond acceptors (Lipinski definition) is 3. The maximum absolute atomic E-state index is 12.8. The molecule has 1 atom stereocenters. The first-order chi connectivity index (χ1) is 9.32. The summed E-state index contributed by atoms with van der Waals surface area (Å²) in [6.45, 7) is 0.358. The number of carbonyl (C=O) groups excluding carboxylic acids is 1. The molecule has 1 unspecified atom stereocenters. The third-order valence-corrected chi connectivity index (χ3v) is 3.27. The van der Waals surface area contributed by atoms with Gasteiger partial charge in [0.1, 0.15) is 12.3 Å². The number of nitrogens with zero attached hydrogens (tertiary/aromatic N) is 1. The highest BCUT2D eigenvalue weighted by atomic mass is 19.4. The van der Waals surface area contributed by atoms with E-state index in [0.29, 0.717) is 25.7 Å². The Hall–Kier alpha value is -2.05. The van der Waals surface area contributed by atoms with Gasteiger partial charge in [-0.15, -0.1) is 0 Å². The van der Waals surface area contributed by atoms with Crippen LogP contribution < -0.4 is 4.90 Å². The number of carboxylic acid groups (broad SMARTS) is 1. The first kappa shape index (κ1) is 14.4. The molecule has 1 fully saturated rings. The predicted molar refractivity (Wildman–Crippen MR) is 64.8 cm³/mol. The predicted octanol–water partition coefficient (Wildman–Crippen LogP) is 2.57. The minimum atomic E-state index is -4.58. The van der Waals surface area contributed by atoms with Crippen LogP contribution in [0.2, 0.25) is 0 Å². The number of anilines is 1. The molecule has 2 rings (SSSR count). The molecular formula is C13H12F3NO3. The molecule has 1 N–H and O–H groups in total. The average molecular weight is 287 g/mol. The van der Waals surface area contributed by atoms with E-state index in [1.165, 1.54) is 11.0 Å². The van der Waals surface area contributed by atoms with Crippen LogP contribution in [-0.2, 0) is 11.0 Å². The third kappa shape index (κ3) is 2.76. The van der Waals surface area contributed by atoms with Crippen LogP contribution in [0.5, 0.6) is 0 Å². The topological polar surface area (TPSA) is 57.6 Å². The van der Waals surface area contributed by atoms with Crippen molar-refractivity contribution in [1.29, 1.82) is 0 Å². The number of hydrogen-bond donors (Lipinski definition) is 1. The zero-order valence-corrected chi connectivity index (χ0v) is 10.4. The van der Waals surface area contributed by atoms with E-state index < -0.39 is 23.8 Å². The molecule has 0 aliphatic carbocycles. The van der Waals surface area contributed by atoms with Gasteiger partial charge >= 0.3 is 12.1 Å². The summed E-state index contributed by atoms with van der Waals surface area (Å²) >= 11 is 0. The number of carboxylic acids is 1. The molecule has 0 amide bonds. The molecular weight excluding hydrogens is 275 g/mol. The zero-order chi connectivity index (χ0) is 14.9. The fraction of sp³-hybridized carbons (Fsp3) is 0.385. The largest absolute Gasteiger partial charge is 0.480 e. The summed E-state index contributed by atoms with van der Waals surface area (Å²) in [6, 6.07) is 2.07. The maximum atomic E-state index is 12.8. The van der Waals surface area contributed by atoms with Crippen LogP contribution in [0.25, 0.3) is 0 Å². The van der Waals surface area contributed by atoms with Crippen molar-refractivity contribution in [3.63, 3.8) is 0 Å². The van der Waals surface area contributed by atoms with Crippen LogP contribution >= 0.6 is 0 Å². The number of benzene rings is 1. The van der Waals surface area contributed by atoms with Crippen LogP contribution in [0.4, 0.5) is 18.9 Å². The van der Waals surface area contributed by atoms with Gasteiger partial charge in [0.2, 0.25) is 0 Å². The van der Waals surface area contributed by atoms with Crippen LogP contribution in [-0.4, -0.2) is 29.9 Å². The lowest BCUT2D eigenvalue weighted by molar-refractivity contribution is -0.138. The van der Waals surface area contributed by atoms with Crippen molar-refractivity contribution in [2.45, 2.75) is 25.1 Å². The maximum Gasteiger partial charge on any atom is 0.416 e. The highest BCUT2D eigenvalue weighted by Gasteiger charge is 2.34. The van der Waals surface area contributed by atoms with E-state index in [1.807, 2.05) is 0 Å². The minimum Gasteiger partial charge on any atom is -0.480 e. The second kappa shape index (κ2) is 5.15. The Labute approximate surface area is 112 Å². The normalized spacial score (nSPS) is 19.1. The molecule has 108 valence electrons. The number of halogens is 3. The molecule has 0 saturated carbocycles. The van der Waals surface area contributed by atoms with Gasteiger partial charge in [-0.1, -0.05) is 0 Å². The molecule has 0 spiro atoms. The highest BCUT2D eigenvalue weighted by molar-refractivity contribution is 5.82. The highest BCUT2D eigenvalue weighted by Crippen LogP contribution is 2.34. The first-order valence-corrected chi connectivity index (χ1v) is 6.00. The number of aldehydes is 1. The van der Waals surface area contributed by atoms with Gasteiger partial charge in [-0.05, 0) is 31.0 Å². The van der Waals surface area contributed by atoms with Gasteiger partial charge in [-0.25, -0.2) is 4.79 Å². The van der Waals surface area contributed by atoms with E-state index in [4.69, 9.17) is 5.11 Å². The lowest BCUT2D eigenvalue weighted by Crippen LogP contribution is -2.36. The Bertz CT molecular complexity index is 542. The van der Waals surface area contributed by atoms with Gasteiger partial charge in [-0.3, -0.25) is 4.79 Å². The van der Waals surface area contributed by atoms with E-state index in [0.717, 1.165) is 12.1 Å². The molecule has 0 aromatic heterocycles. The molecule has 1 aromatic carbocycles. The summed E-state index contributed by atoms with van der Waals surface area (Å²) < 4.78 is 38.3. The van der Waals surface area contributed by atoms with Gasteiger partial charge in [0, 0.05) is 17.8 Å². The minimum absolute atomic E-state index is 0.117. The van der Waals surface area contributed by atoms with Crippen molar-refractivity contribution in [3.8, 4) is 0 Å². The Morgan fingerprint density at radius 3 is 2.60 bits per heavy atom. The molecule has 20 heavy (non-hydrogen) atoms. The summed E-state index contributed by atoms with van der Waals surface area (Å²) in [5.74, 6) is -1.08. The summed E-state index contributed by atoms with van der Waals surface area (Å²) in [5, 5.41) is 9.07. The lowest BCUT2D eigenvalue weighted by Gasteiger charge is -2.24. The van der Waals surface area contributed by atoms with E-state index in [9.17, 15) is 22.8 Å². The van der Waals surface area contributed by atoms with Crippen LogP contribution in [0.1, 0.15) is 28.8 Å². The number of carbonyl (C=O) groups is 2. The third-order valence-electron chi connectivity index (χ3n) is 3.27. The van der Waals surface area contributed by atoms with Crippen LogP contribution in [0.3, 0.4) is 0 Å². The number of rotatable bonds is 3. The monoisotopic (exact) mass is 287 g/mol. The Morgan fingerprint density at radius 1 is 1.35 bits per heavy atom. The molecule has 1 aliphatic heterocycles. The molecule has 1 aliphatic rings.